The van der Waals surface area contributed by atoms with Crippen molar-refractivity contribution in [3.63, 3.8) is 0 Å². The summed E-state index contributed by atoms with van der Waals surface area (Å²) in [7, 11) is 3.83. The number of aromatic nitrogens is 4. The molecule has 0 saturated carbocycles. The minimum absolute atomic E-state index is 0.175. The van der Waals surface area contributed by atoms with Gasteiger partial charge in [-0.15, -0.1) is 0 Å². The summed E-state index contributed by atoms with van der Waals surface area (Å²) in [6, 6.07) is 9.82. The van der Waals surface area contributed by atoms with E-state index in [0.717, 1.165) is 22.2 Å². The number of aliphatic imine (C=N–C) groups is 1. The van der Waals surface area contributed by atoms with Gasteiger partial charge in [-0.1, -0.05) is 17.7 Å². The Balaban J connectivity index is 1.51. The number of anilines is 2. The lowest BCUT2D eigenvalue weighted by Crippen LogP contribution is -2.27. The van der Waals surface area contributed by atoms with Crippen molar-refractivity contribution >= 4 is 46.4 Å². The number of benzene rings is 1. The maximum Gasteiger partial charge on any atom is 0.419 e. The Morgan fingerprint density at radius 1 is 1.17 bits per heavy atom. The van der Waals surface area contributed by atoms with Gasteiger partial charge in [0.2, 0.25) is 0 Å². The van der Waals surface area contributed by atoms with E-state index in [1.54, 1.807) is 21.6 Å². The van der Waals surface area contributed by atoms with Gasteiger partial charge in [-0.3, -0.25) is 9.67 Å². The highest BCUT2D eigenvalue weighted by atomic mass is 35.5. The van der Waals surface area contributed by atoms with Crippen LogP contribution in [0, 0.1) is 0 Å². The van der Waals surface area contributed by atoms with Crippen molar-refractivity contribution < 1.29 is 9.53 Å². The van der Waals surface area contributed by atoms with Gasteiger partial charge in [-0.05, 0) is 44.5 Å². The van der Waals surface area contributed by atoms with Crippen molar-refractivity contribution in [3.05, 3.63) is 59.5 Å². The summed E-state index contributed by atoms with van der Waals surface area (Å²) in [5.74, 6) is 0.555. The second-order valence-corrected chi connectivity index (χ2v) is 10.3. The van der Waals surface area contributed by atoms with Gasteiger partial charge < -0.3 is 15.0 Å². The smallest absolute Gasteiger partial charge is 0.419 e. The molecule has 4 aromatic rings. The molecule has 10 heteroatoms. The van der Waals surface area contributed by atoms with Crippen LogP contribution in [-0.4, -0.2) is 55.9 Å². The second-order valence-electron chi connectivity index (χ2n) is 9.90. The third-order valence-corrected chi connectivity index (χ3v) is 6.25. The minimum Gasteiger partial charge on any atom is -0.443 e. The van der Waals surface area contributed by atoms with Gasteiger partial charge in [0.25, 0.3) is 0 Å². The van der Waals surface area contributed by atoms with Crippen LogP contribution < -0.4 is 5.32 Å². The molecule has 0 bridgehead atoms. The maximum absolute atomic E-state index is 13.3. The van der Waals surface area contributed by atoms with Gasteiger partial charge in [-0.25, -0.2) is 14.3 Å². The predicted molar refractivity (Wildman–Crippen MR) is 142 cm³/mol. The lowest BCUT2D eigenvalue weighted by atomic mass is 10.1. The Hall–Kier alpha value is -3.85. The molecule has 0 amide bonds. The molecule has 0 spiro atoms. The molecule has 186 valence electrons. The number of hydrogen-bond acceptors (Lipinski definition) is 7. The molecule has 1 N–H and O–H groups in total. The van der Waals surface area contributed by atoms with Gasteiger partial charge in [-0.2, -0.15) is 5.10 Å². The number of pyridine rings is 1. The van der Waals surface area contributed by atoms with Crippen LogP contribution in [0.2, 0.25) is 5.02 Å². The molecule has 0 saturated heterocycles. The number of carbonyl (C=O) groups excluding carboxylic acids is 1. The van der Waals surface area contributed by atoms with E-state index >= 15 is 0 Å². The first kappa shape index (κ1) is 23.9. The highest BCUT2D eigenvalue weighted by Crippen LogP contribution is 2.33. The first-order chi connectivity index (χ1) is 17.1. The fourth-order valence-electron chi connectivity index (χ4n) is 4.24. The van der Waals surface area contributed by atoms with Crippen LogP contribution >= 0.6 is 11.6 Å². The van der Waals surface area contributed by atoms with Crippen molar-refractivity contribution in [3.8, 4) is 11.3 Å². The minimum atomic E-state index is -0.651. The normalized spacial score (nSPS) is 15.6. The average Bonchev–Trinajstić information content (AvgIpc) is 3.51. The number of nitrogens with one attached hydrogen (secondary N) is 1. The molecule has 0 aliphatic carbocycles. The van der Waals surface area contributed by atoms with Gasteiger partial charge in [0.15, 0.2) is 0 Å². The molecular weight excluding hydrogens is 478 g/mol. The molecule has 1 aliphatic rings. The highest BCUT2D eigenvalue weighted by molar-refractivity contribution is 6.33. The summed E-state index contributed by atoms with van der Waals surface area (Å²) >= 11 is 6.63. The number of aryl methyl sites for hydroxylation is 1. The van der Waals surface area contributed by atoms with E-state index in [4.69, 9.17) is 16.3 Å². The van der Waals surface area contributed by atoms with Crippen molar-refractivity contribution in [1.82, 2.24) is 24.2 Å². The molecule has 1 aromatic carbocycles. The Labute approximate surface area is 214 Å². The van der Waals surface area contributed by atoms with Crippen LogP contribution in [0.1, 0.15) is 32.4 Å². The topological polar surface area (TPSA) is 89.6 Å². The second kappa shape index (κ2) is 8.98. The lowest BCUT2D eigenvalue weighted by Gasteiger charge is -2.21. The largest absolute Gasteiger partial charge is 0.443 e. The number of likely N-dealkylation sites (N-methyl/N-ethyl adjacent to an activating group) is 1. The number of ether oxygens (including phenoxy) is 1. The number of halogens is 1. The van der Waals surface area contributed by atoms with E-state index in [1.165, 1.54) is 0 Å². The fraction of sp³-hybridized carbons (Fsp3) is 0.308. The van der Waals surface area contributed by atoms with Crippen LogP contribution in [-0.2, 0) is 11.8 Å². The third kappa shape index (κ3) is 4.66. The number of nitrogens with zero attached hydrogens (tertiary/aromatic N) is 6. The molecule has 9 nitrogen and oxygen atoms in total. The molecule has 3 aromatic heterocycles. The number of carbonyl (C=O) groups is 1. The molecule has 1 atom stereocenters. The van der Waals surface area contributed by atoms with E-state index in [0.29, 0.717) is 28.6 Å². The van der Waals surface area contributed by atoms with E-state index in [2.05, 4.69) is 25.3 Å². The standard InChI is InChI=1S/C26H28ClN7O2/c1-26(2,3)36-25(35)34-21(18-12-30-33(5)14-18)9-17-11-29-24(10-22(17)34)31-20-7-6-16(8-19(20)27)23-13-28-15-32(23)4/h6-12,14-15,23H,13H2,1-5H3,(H,29,31). The van der Waals surface area contributed by atoms with Gasteiger partial charge in [0.1, 0.15) is 11.4 Å². The summed E-state index contributed by atoms with van der Waals surface area (Å²) in [5.41, 5.74) is 3.30. The molecule has 36 heavy (non-hydrogen) atoms. The summed E-state index contributed by atoms with van der Waals surface area (Å²) in [4.78, 5) is 24.2. The first-order valence-electron chi connectivity index (χ1n) is 11.6. The molecule has 0 radical (unpaired) electrons. The summed E-state index contributed by atoms with van der Waals surface area (Å²) in [6.45, 7) is 6.24. The van der Waals surface area contributed by atoms with Crippen LogP contribution in [0.5, 0.6) is 0 Å². The van der Waals surface area contributed by atoms with Crippen molar-refractivity contribution in [1.29, 1.82) is 0 Å². The van der Waals surface area contributed by atoms with Crippen LogP contribution in [0.3, 0.4) is 0 Å². The zero-order valence-corrected chi connectivity index (χ0v) is 21.6. The van der Waals surface area contributed by atoms with Gasteiger partial charge >= 0.3 is 6.09 Å². The van der Waals surface area contributed by atoms with E-state index in [9.17, 15) is 4.79 Å². The fourth-order valence-corrected chi connectivity index (χ4v) is 4.48. The highest BCUT2D eigenvalue weighted by Gasteiger charge is 2.24. The number of hydrogen-bond donors (Lipinski definition) is 1. The van der Waals surface area contributed by atoms with Crippen LogP contribution in [0.25, 0.3) is 22.2 Å². The zero-order valence-electron chi connectivity index (χ0n) is 20.9. The van der Waals surface area contributed by atoms with Crippen molar-refractivity contribution in [2.45, 2.75) is 32.4 Å². The zero-order chi connectivity index (χ0) is 25.6. The quantitative estimate of drug-likeness (QED) is 0.386. The Morgan fingerprint density at radius 3 is 2.61 bits per heavy atom. The van der Waals surface area contributed by atoms with E-state index in [1.807, 2.05) is 77.7 Å². The van der Waals surface area contributed by atoms with Gasteiger partial charge in [0, 0.05) is 43.5 Å². The van der Waals surface area contributed by atoms with E-state index < -0.39 is 11.7 Å². The Morgan fingerprint density at radius 2 is 1.97 bits per heavy atom. The third-order valence-electron chi connectivity index (χ3n) is 5.94. The Bertz CT molecular complexity index is 1480. The van der Waals surface area contributed by atoms with Crippen LogP contribution in [0.15, 0.2) is 53.9 Å². The monoisotopic (exact) mass is 505 g/mol. The Kier molecular flexibility index (Phi) is 5.96. The predicted octanol–water partition coefficient (Wildman–Crippen LogP) is 5.63. The molecule has 1 unspecified atom stereocenters. The van der Waals surface area contributed by atoms with Crippen molar-refractivity contribution in [2.24, 2.45) is 12.0 Å². The summed E-state index contributed by atoms with van der Waals surface area (Å²) in [5, 5.41) is 8.93. The van der Waals surface area contributed by atoms with Crippen molar-refractivity contribution in [2.75, 3.05) is 18.9 Å². The SMILES string of the molecule is CN1C=NCC1c1ccc(Nc2cc3c(cn2)cc(-c2cnn(C)c2)n3C(=O)OC(C)(C)C)c(Cl)c1. The number of rotatable bonds is 4. The summed E-state index contributed by atoms with van der Waals surface area (Å²) < 4.78 is 8.98. The lowest BCUT2D eigenvalue weighted by molar-refractivity contribution is 0.0547. The molecule has 0 fully saturated rings. The van der Waals surface area contributed by atoms with Gasteiger partial charge in [0.05, 0.1) is 47.0 Å². The molecule has 4 heterocycles. The first-order valence-corrected chi connectivity index (χ1v) is 12.0. The number of fused-ring (bicyclic) bond motifs is 1. The van der Waals surface area contributed by atoms with E-state index in [-0.39, 0.29) is 6.04 Å². The average molecular weight is 506 g/mol. The molecular formula is C26H28ClN7O2. The maximum atomic E-state index is 13.3. The molecule has 5 rings (SSSR count). The van der Waals surface area contributed by atoms with Crippen LogP contribution in [0.4, 0.5) is 16.3 Å². The summed E-state index contributed by atoms with van der Waals surface area (Å²) in [6.07, 6.45) is 6.67. The molecule has 1 aliphatic heterocycles.